The Labute approximate surface area is 288 Å². The Morgan fingerprint density at radius 3 is 1.07 bits per heavy atom. The number of para-hydroxylation sites is 2. The molecule has 2 N–H and O–H groups in total. The average Bonchev–Trinajstić information content (AvgIpc) is 2.96. The first-order chi connectivity index (χ1) is 20.3. The third-order valence-corrected chi connectivity index (χ3v) is 7.76. The number of benzene rings is 2. The van der Waals surface area contributed by atoms with Crippen LogP contribution in [0.2, 0.25) is 0 Å². The van der Waals surface area contributed by atoms with E-state index in [0.717, 1.165) is 24.3 Å². The van der Waals surface area contributed by atoms with Crippen molar-refractivity contribution in [2.45, 2.75) is 155 Å². The van der Waals surface area contributed by atoms with Gasteiger partial charge in [0.2, 0.25) is 0 Å². The van der Waals surface area contributed by atoms with E-state index in [4.69, 9.17) is 22.3 Å². The molecule has 0 aromatic heterocycles. The van der Waals surface area contributed by atoms with E-state index in [2.05, 4.69) is 62.4 Å². The van der Waals surface area contributed by atoms with E-state index in [9.17, 15) is 0 Å². The van der Waals surface area contributed by atoms with Crippen molar-refractivity contribution in [2.75, 3.05) is 0 Å². The van der Waals surface area contributed by atoms with Crippen molar-refractivity contribution in [3.63, 3.8) is 0 Å². The fourth-order valence-electron chi connectivity index (χ4n) is 5.34. The zero-order chi connectivity index (χ0) is 30.7. The Morgan fingerprint density at radius 2 is 0.767 bits per heavy atom. The molecule has 242 valence electrons. The van der Waals surface area contributed by atoms with E-state index in [0.29, 0.717) is 0 Å². The molecule has 2 rings (SSSR count). The number of hydrogen-bond donors (Lipinski definition) is 2. The molecule has 0 fully saturated rings. The van der Waals surface area contributed by atoms with E-state index in [1.807, 2.05) is 0 Å². The van der Waals surface area contributed by atoms with Gasteiger partial charge >= 0.3 is 40.0 Å². The van der Waals surface area contributed by atoms with Gasteiger partial charge in [-0.3, -0.25) is 9.11 Å². The molecule has 0 heterocycles. The quantitative estimate of drug-likeness (QED) is 0.0689. The summed E-state index contributed by atoms with van der Waals surface area (Å²) < 4.78 is 38.1. The summed E-state index contributed by atoms with van der Waals surface area (Å²) in [6.07, 6.45) is 29.9. The molecule has 2 aromatic rings. The summed E-state index contributed by atoms with van der Waals surface area (Å²) in [5.74, 6) is 2.10. The number of hydrogen-bond acceptors (Lipinski definition) is 3. The fourth-order valence-corrected chi connectivity index (χ4v) is 5.34. The van der Waals surface area contributed by atoms with Gasteiger partial charge in [-0.25, -0.2) is 0 Å². The van der Waals surface area contributed by atoms with E-state index in [-0.39, 0.29) is 31.0 Å². The van der Waals surface area contributed by atoms with E-state index in [1.54, 1.807) is 0 Å². The van der Waals surface area contributed by atoms with Crippen LogP contribution in [-0.2, 0) is 23.2 Å². The predicted molar refractivity (Wildman–Crippen MR) is 179 cm³/mol. The molecule has 5 nitrogen and oxygen atoms in total. The summed E-state index contributed by atoms with van der Waals surface area (Å²) in [4.78, 5) is 0. The van der Waals surface area contributed by atoms with Crippen molar-refractivity contribution in [1.82, 2.24) is 0 Å². The maximum Gasteiger partial charge on any atom is 1.00 e. The SMILES string of the molecule is CCCCCCCCCCCCc1ccccc1Oc1ccccc1CCCCCCCCCCCC.O=S(=O)(O)O.[H-].[Na+]. The van der Waals surface area contributed by atoms with Crippen LogP contribution in [0.5, 0.6) is 11.5 Å². The second-order valence-electron chi connectivity index (χ2n) is 11.6. The molecule has 0 aliphatic heterocycles. The van der Waals surface area contributed by atoms with Crippen molar-refractivity contribution in [3.05, 3.63) is 59.7 Å². The van der Waals surface area contributed by atoms with Crippen LogP contribution in [-0.4, -0.2) is 17.5 Å². The van der Waals surface area contributed by atoms with E-state index < -0.39 is 10.4 Å². The molecule has 0 radical (unpaired) electrons. The first-order valence-corrected chi connectivity index (χ1v) is 18.3. The van der Waals surface area contributed by atoms with Crippen molar-refractivity contribution < 1.29 is 53.2 Å². The Balaban J connectivity index is 0. The van der Waals surface area contributed by atoms with Crippen LogP contribution in [0.15, 0.2) is 48.5 Å². The molecule has 0 atom stereocenters. The summed E-state index contributed by atoms with van der Waals surface area (Å²) in [7, 11) is -4.67. The van der Waals surface area contributed by atoms with Gasteiger partial charge in [0, 0.05) is 0 Å². The fraction of sp³-hybridized carbons (Fsp3) is 0.667. The van der Waals surface area contributed by atoms with Gasteiger partial charge in [0.1, 0.15) is 11.5 Å². The van der Waals surface area contributed by atoms with Gasteiger partial charge in [0.25, 0.3) is 0 Å². The molecule has 7 heteroatoms. The molecule has 0 amide bonds. The van der Waals surface area contributed by atoms with Crippen LogP contribution in [0, 0.1) is 0 Å². The Bertz CT molecular complexity index is 946. The molecule has 0 aliphatic rings. The van der Waals surface area contributed by atoms with Gasteiger partial charge in [-0.2, -0.15) is 8.42 Å². The molecule has 0 unspecified atom stereocenters. The largest absolute Gasteiger partial charge is 1.00 e. The minimum Gasteiger partial charge on any atom is -1.00 e. The molecular formula is C36H61NaO5S. The zero-order valence-corrected chi connectivity index (χ0v) is 30.5. The molecule has 0 saturated heterocycles. The van der Waals surface area contributed by atoms with Gasteiger partial charge in [0.15, 0.2) is 0 Å². The first kappa shape index (κ1) is 42.1. The maximum atomic E-state index is 8.74. The number of unbranched alkanes of at least 4 members (excludes halogenated alkanes) is 18. The zero-order valence-electron chi connectivity index (χ0n) is 28.7. The van der Waals surface area contributed by atoms with Gasteiger partial charge in [-0.05, 0) is 48.9 Å². The summed E-state index contributed by atoms with van der Waals surface area (Å²) in [5, 5.41) is 0. The Morgan fingerprint density at radius 1 is 0.512 bits per heavy atom. The molecule has 43 heavy (non-hydrogen) atoms. The third kappa shape index (κ3) is 26.1. The van der Waals surface area contributed by atoms with E-state index >= 15 is 0 Å². The normalized spacial score (nSPS) is 11.0. The van der Waals surface area contributed by atoms with Crippen LogP contribution >= 0.6 is 0 Å². The van der Waals surface area contributed by atoms with Crippen molar-refractivity contribution >= 4 is 10.4 Å². The number of ether oxygens (including phenoxy) is 1. The Hall–Kier alpha value is -0.890. The van der Waals surface area contributed by atoms with E-state index in [1.165, 1.54) is 140 Å². The average molecular weight is 629 g/mol. The number of rotatable bonds is 24. The third-order valence-electron chi connectivity index (χ3n) is 7.76. The van der Waals surface area contributed by atoms with Crippen molar-refractivity contribution in [2.24, 2.45) is 0 Å². The summed E-state index contributed by atoms with van der Waals surface area (Å²) >= 11 is 0. The summed E-state index contributed by atoms with van der Waals surface area (Å²) in [6.45, 7) is 4.59. The molecule has 2 aromatic carbocycles. The van der Waals surface area contributed by atoms with Crippen molar-refractivity contribution in [1.29, 1.82) is 0 Å². The second kappa shape index (κ2) is 28.6. The van der Waals surface area contributed by atoms with Crippen LogP contribution in [0.4, 0.5) is 0 Å². The first-order valence-electron chi connectivity index (χ1n) is 16.9. The minimum absolute atomic E-state index is 0. The number of aryl methyl sites for hydroxylation is 2. The second-order valence-corrected chi connectivity index (χ2v) is 12.5. The van der Waals surface area contributed by atoms with Crippen LogP contribution in [0.1, 0.15) is 155 Å². The van der Waals surface area contributed by atoms with Gasteiger partial charge in [0.05, 0.1) is 0 Å². The maximum absolute atomic E-state index is 8.74. The molecule has 0 saturated carbocycles. The monoisotopic (exact) mass is 628 g/mol. The molecule has 0 aliphatic carbocycles. The van der Waals surface area contributed by atoms with Crippen LogP contribution < -0.4 is 34.3 Å². The van der Waals surface area contributed by atoms with Crippen molar-refractivity contribution in [3.8, 4) is 11.5 Å². The summed E-state index contributed by atoms with van der Waals surface area (Å²) in [5.41, 5.74) is 2.71. The Kier molecular flexibility index (Phi) is 28.0. The smallest absolute Gasteiger partial charge is 1.00 e. The van der Waals surface area contributed by atoms with Gasteiger partial charge in [-0.1, -0.05) is 166 Å². The van der Waals surface area contributed by atoms with Crippen LogP contribution in [0.25, 0.3) is 0 Å². The molecule has 0 bridgehead atoms. The summed E-state index contributed by atoms with van der Waals surface area (Å²) in [6, 6.07) is 17.4. The predicted octanol–water partition coefficient (Wildman–Crippen LogP) is 8.87. The topological polar surface area (TPSA) is 83.8 Å². The molecule has 0 spiro atoms. The minimum atomic E-state index is -4.67. The van der Waals surface area contributed by atoms with Gasteiger partial charge in [-0.15, -0.1) is 0 Å². The standard InChI is InChI=1S/C36H58O.Na.H2O4S.H/c1-3-5-7-9-11-13-15-17-19-21-27-33-29-23-25-31-35(33)37-36-32-26-24-30-34(36)28-22-20-18-16-14-12-10-8-6-4-2;;1-5(2,3)4;/h23-26,29-32H,3-22,27-28H2,1-2H3;;(H2,1,2,3,4);/q;+1;;-1. The van der Waals surface area contributed by atoms with Crippen LogP contribution in [0.3, 0.4) is 0 Å². The molecular weight excluding hydrogens is 567 g/mol. The van der Waals surface area contributed by atoms with Gasteiger partial charge < -0.3 is 6.16 Å².